The number of rotatable bonds is 4. The summed E-state index contributed by atoms with van der Waals surface area (Å²) in [6.07, 6.45) is 1.09. The number of hydrogen-bond acceptors (Lipinski definition) is 5. The van der Waals surface area contributed by atoms with Gasteiger partial charge in [-0.05, 0) is 29.8 Å². The van der Waals surface area contributed by atoms with Gasteiger partial charge in [-0.1, -0.05) is 18.2 Å². The number of pyridine rings is 2. The van der Waals surface area contributed by atoms with Crippen LogP contribution in [0.4, 0.5) is 4.39 Å². The van der Waals surface area contributed by atoms with Crippen LogP contribution in [0.1, 0.15) is 37.2 Å². The summed E-state index contributed by atoms with van der Waals surface area (Å²) in [5, 5.41) is 1.61. The lowest BCUT2D eigenvalue weighted by atomic mass is 10.00. The van der Waals surface area contributed by atoms with Crippen LogP contribution in [0.3, 0.4) is 0 Å². The zero-order valence-electron chi connectivity index (χ0n) is 22.1. The first-order chi connectivity index (χ1) is 17.1. The van der Waals surface area contributed by atoms with Gasteiger partial charge in [0.05, 0.1) is 11.7 Å². The maximum absolute atomic E-state index is 14.3. The molecule has 8 nitrogen and oxygen atoms in total. The van der Waals surface area contributed by atoms with Gasteiger partial charge in [0, 0.05) is 53.3 Å². The minimum absolute atomic E-state index is 0.00970. The SMILES string of the molecule is [2H]C([2H])([2H])NC(=O)c1cc(-c2cc([C@H]3CN(C(=O)C=C)CCN3C(=O)C([2H])([2H])[2H])cc(Cl)n2)cc(F)n1. The minimum Gasteiger partial charge on any atom is -0.354 e. The molecule has 0 aliphatic carbocycles. The number of hydrogen-bond donors (Lipinski definition) is 1. The van der Waals surface area contributed by atoms with Crippen LogP contribution >= 0.6 is 11.6 Å². The van der Waals surface area contributed by atoms with Crippen molar-refractivity contribution in [2.24, 2.45) is 0 Å². The van der Waals surface area contributed by atoms with E-state index in [0.29, 0.717) is 5.56 Å². The topological polar surface area (TPSA) is 95.5 Å². The molecule has 1 aliphatic heterocycles. The van der Waals surface area contributed by atoms with Gasteiger partial charge < -0.3 is 15.1 Å². The van der Waals surface area contributed by atoms with Gasteiger partial charge in [-0.25, -0.2) is 9.97 Å². The lowest BCUT2D eigenvalue weighted by Crippen LogP contribution is -2.51. The number of nitrogens with zero attached hydrogens (tertiary/aromatic N) is 4. The summed E-state index contributed by atoms with van der Waals surface area (Å²) in [6, 6.07) is 3.87. The number of carbonyl (C=O) groups is 3. The molecular weight excluding hydrogens is 425 g/mol. The van der Waals surface area contributed by atoms with E-state index in [0.717, 1.165) is 23.1 Å². The molecule has 1 fully saturated rings. The molecule has 1 aliphatic rings. The fourth-order valence-corrected chi connectivity index (χ4v) is 3.54. The van der Waals surface area contributed by atoms with Crippen LogP contribution in [-0.2, 0) is 9.59 Å². The van der Waals surface area contributed by atoms with Crippen molar-refractivity contribution >= 4 is 29.3 Å². The van der Waals surface area contributed by atoms with Crippen LogP contribution < -0.4 is 5.32 Å². The molecule has 2 aromatic heterocycles. The Morgan fingerprint density at radius 1 is 1.29 bits per heavy atom. The molecule has 31 heavy (non-hydrogen) atoms. The lowest BCUT2D eigenvalue weighted by Gasteiger charge is -2.41. The Balaban J connectivity index is 2.07. The summed E-state index contributed by atoms with van der Waals surface area (Å²) in [4.78, 5) is 47.2. The molecule has 3 rings (SSSR count). The first-order valence-electron chi connectivity index (χ1n) is 12.0. The Kier molecular flexibility index (Phi) is 4.60. The summed E-state index contributed by atoms with van der Waals surface area (Å²) in [5.41, 5.74) is -0.204. The van der Waals surface area contributed by atoms with Crippen molar-refractivity contribution in [2.45, 2.75) is 12.9 Å². The van der Waals surface area contributed by atoms with E-state index < -0.39 is 49.2 Å². The first-order valence-corrected chi connectivity index (χ1v) is 9.37. The molecule has 1 N–H and O–H groups in total. The second-order valence-electron chi connectivity index (χ2n) is 6.63. The maximum Gasteiger partial charge on any atom is 0.269 e. The maximum atomic E-state index is 14.3. The first kappa shape index (κ1) is 15.5. The number of amides is 3. The second-order valence-corrected chi connectivity index (χ2v) is 7.02. The average molecular weight is 452 g/mol. The molecule has 0 aromatic carbocycles. The number of halogens is 2. The zero-order chi connectivity index (χ0) is 27.7. The van der Waals surface area contributed by atoms with Crippen LogP contribution in [-0.4, -0.2) is 64.1 Å². The van der Waals surface area contributed by atoms with Gasteiger partial charge in [0.25, 0.3) is 5.91 Å². The summed E-state index contributed by atoms with van der Waals surface area (Å²) in [5.74, 6) is -3.80. The molecule has 0 bridgehead atoms. The van der Waals surface area contributed by atoms with E-state index in [2.05, 4.69) is 16.5 Å². The second kappa shape index (κ2) is 9.22. The Labute approximate surface area is 192 Å². The van der Waals surface area contributed by atoms with Crippen molar-refractivity contribution in [3.05, 3.63) is 59.3 Å². The molecule has 162 valence electrons. The molecule has 0 radical (unpaired) electrons. The minimum atomic E-state index is -2.94. The summed E-state index contributed by atoms with van der Waals surface area (Å²) in [7, 11) is 0. The fourth-order valence-electron chi connectivity index (χ4n) is 3.32. The van der Waals surface area contributed by atoms with Crippen LogP contribution in [0.2, 0.25) is 5.15 Å². The number of nitrogens with one attached hydrogen (secondary N) is 1. The summed E-state index contributed by atoms with van der Waals surface area (Å²) in [6.45, 7) is -2.42. The Morgan fingerprint density at radius 2 is 2.10 bits per heavy atom. The molecule has 3 heterocycles. The van der Waals surface area contributed by atoms with E-state index in [4.69, 9.17) is 19.8 Å². The standard InChI is InChI=1S/C21H21ClFN5O3/c1-4-20(30)27-5-6-28(12(2)29)17(11-27)14-8-15(25-18(22)9-14)13-7-16(21(31)24-3)26-19(23)10-13/h4,7-10,17H,1,5-6,11H2,2-3H3,(H,24,31)/t17-/m1/s1/i2D3,3D3. The van der Waals surface area contributed by atoms with Crippen molar-refractivity contribution in [1.82, 2.24) is 25.1 Å². The van der Waals surface area contributed by atoms with E-state index >= 15 is 0 Å². The van der Waals surface area contributed by atoms with E-state index in [9.17, 15) is 18.8 Å². The zero-order valence-corrected chi connectivity index (χ0v) is 16.8. The van der Waals surface area contributed by atoms with E-state index in [1.807, 2.05) is 0 Å². The predicted molar refractivity (Wildman–Crippen MR) is 113 cm³/mol. The Bertz CT molecular complexity index is 1260. The van der Waals surface area contributed by atoms with Gasteiger partial charge in [0.2, 0.25) is 17.8 Å². The average Bonchev–Trinajstić information content (AvgIpc) is 2.80. The van der Waals surface area contributed by atoms with Gasteiger partial charge >= 0.3 is 0 Å². The number of piperazine rings is 1. The third-order valence-corrected chi connectivity index (χ3v) is 4.96. The van der Waals surface area contributed by atoms with Crippen LogP contribution in [0.15, 0.2) is 36.9 Å². The third-order valence-electron chi connectivity index (χ3n) is 4.76. The van der Waals surface area contributed by atoms with Crippen LogP contribution in [0.5, 0.6) is 0 Å². The molecule has 0 saturated carbocycles. The molecule has 10 heteroatoms. The van der Waals surface area contributed by atoms with E-state index in [1.54, 1.807) is 5.32 Å². The number of aromatic nitrogens is 2. The molecule has 2 aromatic rings. The van der Waals surface area contributed by atoms with E-state index in [-0.39, 0.29) is 36.0 Å². The normalized spacial score (nSPS) is 19.7. The van der Waals surface area contributed by atoms with Crippen molar-refractivity contribution in [2.75, 3.05) is 26.6 Å². The highest BCUT2D eigenvalue weighted by Gasteiger charge is 2.32. The van der Waals surface area contributed by atoms with Crippen molar-refractivity contribution in [3.63, 3.8) is 0 Å². The Hall–Kier alpha value is -3.33. The van der Waals surface area contributed by atoms with E-state index in [1.165, 1.54) is 17.0 Å². The van der Waals surface area contributed by atoms with Crippen LogP contribution in [0, 0.1) is 5.95 Å². The summed E-state index contributed by atoms with van der Waals surface area (Å²) < 4.78 is 58.4. The van der Waals surface area contributed by atoms with Gasteiger partial charge in [0.1, 0.15) is 10.8 Å². The van der Waals surface area contributed by atoms with Crippen molar-refractivity contribution in [1.29, 1.82) is 0 Å². The molecule has 3 amide bonds. The predicted octanol–water partition coefficient (Wildman–Crippen LogP) is 2.21. The monoisotopic (exact) mass is 451 g/mol. The highest BCUT2D eigenvalue weighted by Crippen LogP contribution is 2.31. The number of carbonyl (C=O) groups excluding carboxylic acids is 3. The van der Waals surface area contributed by atoms with Crippen molar-refractivity contribution in [3.8, 4) is 11.3 Å². The molecule has 1 atom stereocenters. The molecule has 1 saturated heterocycles. The van der Waals surface area contributed by atoms with Crippen molar-refractivity contribution < 1.29 is 27.0 Å². The quantitative estimate of drug-likeness (QED) is 0.568. The van der Waals surface area contributed by atoms with Crippen LogP contribution in [0.25, 0.3) is 11.3 Å². The van der Waals surface area contributed by atoms with Gasteiger partial charge in [0.15, 0.2) is 0 Å². The smallest absolute Gasteiger partial charge is 0.269 e. The molecule has 0 spiro atoms. The summed E-state index contributed by atoms with van der Waals surface area (Å²) >= 11 is 6.21. The highest BCUT2D eigenvalue weighted by molar-refractivity contribution is 6.29. The fraction of sp³-hybridized carbons (Fsp3) is 0.286. The largest absolute Gasteiger partial charge is 0.354 e. The molecule has 0 unspecified atom stereocenters. The van der Waals surface area contributed by atoms with Gasteiger partial charge in [-0.2, -0.15) is 4.39 Å². The van der Waals surface area contributed by atoms with Gasteiger partial charge in [-0.15, -0.1) is 0 Å². The lowest BCUT2D eigenvalue weighted by molar-refractivity contribution is -0.139. The Morgan fingerprint density at radius 3 is 2.81 bits per heavy atom. The highest BCUT2D eigenvalue weighted by atomic mass is 35.5. The molecular formula is C21H21ClFN5O3. The van der Waals surface area contributed by atoms with Gasteiger partial charge in [-0.3, -0.25) is 14.4 Å². The third kappa shape index (κ3) is 4.88.